The minimum Gasteiger partial charge on any atom is -0.492 e. The predicted octanol–water partition coefficient (Wildman–Crippen LogP) is 4.29. The van der Waals surface area contributed by atoms with E-state index in [-0.39, 0.29) is 6.04 Å². The minimum absolute atomic E-state index is 0.222. The molecule has 0 spiro atoms. The number of benzene rings is 3. The van der Waals surface area contributed by atoms with Gasteiger partial charge in [0.2, 0.25) is 0 Å². The van der Waals surface area contributed by atoms with Crippen molar-refractivity contribution < 1.29 is 9.53 Å². The zero-order chi connectivity index (χ0) is 23.8. The van der Waals surface area contributed by atoms with Gasteiger partial charge in [-0.2, -0.15) is 0 Å². The first-order valence-electron chi connectivity index (χ1n) is 11.6. The van der Waals surface area contributed by atoms with Crippen molar-refractivity contribution in [3.8, 4) is 5.75 Å². The lowest BCUT2D eigenvalue weighted by molar-refractivity contribution is 0.0977. The van der Waals surface area contributed by atoms with Gasteiger partial charge in [-0.15, -0.1) is 0 Å². The Hall–Kier alpha value is -3.06. The van der Waals surface area contributed by atoms with Crippen LogP contribution in [-0.4, -0.2) is 55.2 Å². The fraction of sp³-hybridized carbons (Fsp3) is 0.296. The van der Waals surface area contributed by atoms with Crippen LogP contribution in [0, 0.1) is 0 Å². The fourth-order valence-electron chi connectivity index (χ4n) is 4.32. The highest BCUT2D eigenvalue weighted by Crippen LogP contribution is 2.30. The predicted molar refractivity (Wildman–Crippen MR) is 136 cm³/mol. The normalized spacial score (nSPS) is 15.6. The molecule has 1 unspecified atom stereocenters. The Labute approximate surface area is 206 Å². The number of urea groups is 1. The monoisotopic (exact) mass is 478 g/mol. The standard InChI is InChI=1S/C27H31ClN4O2/c28-24-10-8-23(9-11-24)26(22-4-2-1-3-5-22)32-16-14-31(15-17-32)18-19-34-25-12-6-21(7-13-25)20-30-27(29)33/h1-13,26H,14-20H2,(H3,29,30,33). The Kier molecular flexibility index (Phi) is 8.41. The first kappa shape index (κ1) is 24.1. The van der Waals surface area contributed by atoms with Crippen LogP contribution in [0.15, 0.2) is 78.9 Å². The highest BCUT2D eigenvalue weighted by Gasteiger charge is 2.26. The van der Waals surface area contributed by atoms with Crippen LogP contribution in [0.1, 0.15) is 22.7 Å². The number of hydrogen-bond acceptors (Lipinski definition) is 4. The van der Waals surface area contributed by atoms with Crippen LogP contribution in [0.25, 0.3) is 0 Å². The molecular formula is C27H31ClN4O2. The molecule has 1 heterocycles. The number of carbonyl (C=O) groups excluding carboxylic acids is 1. The molecule has 0 saturated carbocycles. The summed E-state index contributed by atoms with van der Waals surface area (Å²) in [6.45, 7) is 5.91. The summed E-state index contributed by atoms with van der Waals surface area (Å²) in [5.74, 6) is 0.827. The highest BCUT2D eigenvalue weighted by molar-refractivity contribution is 6.30. The average molecular weight is 479 g/mol. The zero-order valence-corrected chi connectivity index (χ0v) is 20.0. The summed E-state index contributed by atoms with van der Waals surface area (Å²) < 4.78 is 5.93. The third kappa shape index (κ3) is 6.73. The quantitative estimate of drug-likeness (QED) is 0.481. The van der Waals surface area contributed by atoms with E-state index in [2.05, 4.69) is 57.6 Å². The molecule has 1 fully saturated rings. The Morgan fingerprint density at radius 2 is 1.56 bits per heavy atom. The molecule has 4 rings (SSSR count). The molecule has 3 N–H and O–H groups in total. The molecule has 0 aliphatic carbocycles. The molecule has 0 bridgehead atoms. The van der Waals surface area contributed by atoms with Gasteiger partial charge in [0, 0.05) is 44.3 Å². The molecule has 3 aromatic carbocycles. The van der Waals surface area contributed by atoms with Crippen molar-refractivity contribution >= 4 is 17.6 Å². The largest absolute Gasteiger partial charge is 0.492 e. The lowest BCUT2D eigenvalue weighted by Gasteiger charge is -2.39. The second-order valence-corrected chi connectivity index (χ2v) is 8.89. The molecular weight excluding hydrogens is 448 g/mol. The van der Waals surface area contributed by atoms with E-state index in [4.69, 9.17) is 22.1 Å². The lowest BCUT2D eigenvalue weighted by Crippen LogP contribution is -2.48. The molecule has 0 radical (unpaired) electrons. The van der Waals surface area contributed by atoms with Gasteiger partial charge in [0.05, 0.1) is 6.04 Å². The minimum atomic E-state index is -0.524. The van der Waals surface area contributed by atoms with Crippen molar-refractivity contribution in [2.24, 2.45) is 5.73 Å². The molecule has 0 aromatic heterocycles. The second-order valence-electron chi connectivity index (χ2n) is 8.45. The number of ether oxygens (including phenoxy) is 1. The Morgan fingerprint density at radius 3 is 2.21 bits per heavy atom. The molecule has 3 aromatic rings. The third-order valence-corrected chi connectivity index (χ3v) is 6.39. The molecule has 2 amide bonds. The van der Waals surface area contributed by atoms with Gasteiger partial charge >= 0.3 is 6.03 Å². The molecule has 7 heteroatoms. The molecule has 178 valence electrons. The van der Waals surface area contributed by atoms with Gasteiger partial charge in [0.15, 0.2) is 0 Å². The van der Waals surface area contributed by atoms with E-state index in [0.29, 0.717) is 13.2 Å². The highest BCUT2D eigenvalue weighted by atomic mass is 35.5. The number of carbonyl (C=O) groups is 1. The average Bonchev–Trinajstić information content (AvgIpc) is 2.86. The Morgan fingerprint density at radius 1 is 0.912 bits per heavy atom. The second kappa shape index (κ2) is 11.9. The number of hydrogen-bond donors (Lipinski definition) is 2. The van der Waals surface area contributed by atoms with Crippen molar-refractivity contribution in [3.05, 3.63) is 101 Å². The van der Waals surface area contributed by atoms with Gasteiger partial charge in [-0.05, 0) is 41.0 Å². The summed E-state index contributed by atoms with van der Waals surface area (Å²) in [5, 5.41) is 3.35. The number of rotatable bonds is 9. The number of nitrogens with zero attached hydrogens (tertiary/aromatic N) is 2. The SMILES string of the molecule is NC(=O)NCc1ccc(OCCN2CCN(C(c3ccccc3)c3ccc(Cl)cc3)CC2)cc1. The van der Waals surface area contributed by atoms with Crippen molar-refractivity contribution in [3.63, 3.8) is 0 Å². The maximum Gasteiger partial charge on any atom is 0.312 e. The van der Waals surface area contributed by atoms with E-state index in [1.165, 1.54) is 11.1 Å². The van der Waals surface area contributed by atoms with Gasteiger partial charge < -0.3 is 15.8 Å². The van der Waals surface area contributed by atoms with E-state index < -0.39 is 6.03 Å². The molecule has 1 aliphatic heterocycles. The van der Waals surface area contributed by atoms with Gasteiger partial charge in [0.25, 0.3) is 0 Å². The van der Waals surface area contributed by atoms with E-state index in [0.717, 1.165) is 49.1 Å². The van der Waals surface area contributed by atoms with E-state index in [1.807, 2.05) is 36.4 Å². The van der Waals surface area contributed by atoms with Crippen molar-refractivity contribution in [1.29, 1.82) is 0 Å². The van der Waals surface area contributed by atoms with Gasteiger partial charge in [-0.3, -0.25) is 9.80 Å². The van der Waals surface area contributed by atoms with Crippen molar-refractivity contribution in [1.82, 2.24) is 15.1 Å². The van der Waals surface area contributed by atoms with Gasteiger partial charge in [-0.1, -0.05) is 66.2 Å². The molecule has 6 nitrogen and oxygen atoms in total. The Balaban J connectivity index is 1.28. The topological polar surface area (TPSA) is 70.8 Å². The summed E-state index contributed by atoms with van der Waals surface area (Å²) in [6.07, 6.45) is 0. The summed E-state index contributed by atoms with van der Waals surface area (Å²) in [7, 11) is 0. The smallest absolute Gasteiger partial charge is 0.312 e. The summed E-state index contributed by atoms with van der Waals surface area (Å²) >= 11 is 6.14. The molecule has 1 saturated heterocycles. The van der Waals surface area contributed by atoms with Crippen LogP contribution in [0.3, 0.4) is 0 Å². The van der Waals surface area contributed by atoms with Crippen LogP contribution in [-0.2, 0) is 6.54 Å². The summed E-state index contributed by atoms with van der Waals surface area (Å²) in [5.41, 5.74) is 8.66. The first-order chi connectivity index (χ1) is 16.6. The summed E-state index contributed by atoms with van der Waals surface area (Å²) in [6, 6.07) is 26.3. The van der Waals surface area contributed by atoms with Gasteiger partial charge in [0.1, 0.15) is 12.4 Å². The lowest BCUT2D eigenvalue weighted by atomic mass is 9.96. The molecule has 1 aliphatic rings. The number of nitrogens with one attached hydrogen (secondary N) is 1. The number of nitrogens with two attached hydrogens (primary N) is 1. The van der Waals surface area contributed by atoms with E-state index in [9.17, 15) is 4.79 Å². The van der Waals surface area contributed by atoms with Gasteiger partial charge in [-0.25, -0.2) is 4.79 Å². The molecule has 34 heavy (non-hydrogen) atoms. The van der Waals surface area contributed by atoms with Crippen LogP contribution in [0.5, 0.6) is 5.75 Å². The first-order valence-corrected chi connectivity index (χ1v) is 12.0. The van der Waals surface area contributed by atoms with Crippen LogP contribution >= 0.6 is 11.6 Å². The summed E-state index contributed by atoms with van der Waals surface area (Å²) in [4.78, 5) is 15.8. The number of amides is 2. The third-order valence-electron chi connectivity index (χ3n) is 6.14. The number of primary amides is 1. The Bertz CT molecular complexity index is 1040. The van der Waals surface area contributed by atoms with E-state index in [1.54, 1.807) is 0 Å². The number of piperazine rings is 1. The fourth-order valence-corrected chi connectivity index (χ4v) is 4.45. The molecule has 1 atom stereocenters. The number of halogens is 1. The van der Waals surface area contributed by atoms with Crippen LogP contribution in [0.4, 0.5) is 4.79 Å². The maximum atomic E-state index is 10.8. The zero-order valence-electron chi connectivity index (χ0n) is 19.2. The van der Waals surface area contributed by atoms with E-state index >= 15 is 0 Å². The van der Waals surface area contributed by atoms with Crippen LogP contribution < -0.4 is 15.8 Å². The maximum absolute atomic E-state index is 10.8. The van der Waals surface area contributed by atoms with Crippen molar-refractivity contribution in [2.75, 3.05) is 39.3 Å². The van der Waals surface area contributed by atoms with Crippen LogP contribution in [0.2, 0.25) is 5.02 Å². The van der Waals surface area contributed by atoms with Crippen molar-refractivity contribution in [2.45, 2.75) is 12.6 Å².